The third-order valence-electron chi connectivity index (χ3n) is 3.92. The van der Waals surface area contributed by atoms with E-state index in [0.29, 0.717) is 22.8 Å². The molecule has 0 aliphatic carbocycles. The summed E-state index contributed by atoms with van der Waals surface area (Å²) in [5, 5.41) is 0. The van der Waals surface area contributed by atoms with Crippen molar-refractivity contribution in [3.05, 3.63) is 53.8 Å². The van der Waals surface area contributed by atoms with Crippen LogP contribution in [0.4, 0.5) is 4.39 Å². The quantitative estimate of drug-likeness (QED) is 0.159. The number of hydrogen-bond acceptors (Lipinski definition) is 5. The van der Waals surface area contributed by atoms with Crippen LogP contribution in [-0.2, 0) is 21.1 Å². The van der Waals surface area contributed by atoms with Crippen molar-refractivity contribution in [2.45, 2.75) is 24.3 Å². The van der Waals surface area contributed by atoms with Gasteiger partial charge in [0.1, 0.15) is 23.1 Å². The van der Waals surface area contributed by atoms with Crippen LogP contribution in [0.2, 0.25) is 0 Å². The summed E-state index contributed by atoms with van der Waals surface area (Å²) in [4.78, 5) is 16.1. The van der Waals surface area contributed by atoms with E-state index in [4.69, 9.17) is 23.8 Å². The molecule has 0 aromatic heterocycles. The average Bonchev–Trinajstić information content (AvgIpc) is 2.59. The van der Waals surface area contributed by atoms with E-state index >= 15 is 0 Å². The number of hydrogen-bond donors (Lipinski definition) is 3. The Morgan fingerprint density at radius 1 is 1.06 bits per heavy atom. The van der Waals surface area contributed by atoms with Crippen LogP contribution in [0.15, 0.2) is 42.5 Å². The molecule has 0 spiro atoms. The average molecular weight is 555 g/mol. The van der Waals surface area contributed by atoms with E-state index in [2.05, 4.69) is 0 Å². The van der Waals surface area contributed by atoms with Crippen LogP contribution in [0, 0.1) is 5.82 Å². The Morgan fingerprint density at radius 2 is 1.61 bits per heavy atom. The van der Waals surface area contributed by atoms with E-state index in [1.807, 2.05) is 0 Å². The van der Waals surface area contributed by atoms with Gasteiger partial charge >= 0.3 is 162 Å². The van der Waals surface area contributed by atoms with Crippen molar-refractivity contribution in [3.63, 3.8) is 0 Å². The van der Waals surface area contributed by atoms with Gasteiger partial charge < -0.3 is 23.5 Å². The van der Waals surface area contributed by atoms with Gasteiger partial charge in [0.2, 0.25) is 0 Å². The maximum absolute atomic E-state index is 13.0. The normalized spacial score (nSPS) is 11.9. The van der Waals surface area contributed by atoms with E-state index in [-0.39, 0.29) is 171 Å². The molecule has 2 aromatic rings. The van der Waals surface area contributed by atoms with Crippen molar-refractivity contribution >= 4 is 17.7 Å². The predicted octanol–water partition coefficient (Wildman–Crippen LogP) is -5.31. The first kappa shape index (κ1) is 36.1. The summed E-state index contributed by atoms with van der Waals surface area (Å²) >= 11 is 0. The van der Waals surface area contributed by atoms with Gasteiger partial charge in [0, 0.05) is 0 Å². The molecule has 1 unspecified atom stereocenters. The maximum Gasteiger partial charge on any atom is 1.00 e. The third kappa shape index (κ3) is 12.6. The molecule has 0 radical (unpaired) electrons. The van der Waals surface area contributed by atoms with Crippen LogP contribution >= 0.6 is 7.60 Å². The van der Waals surface area contributed by atoms with E-state index < -0.39 is 34.9 Å². The minimum absolute atomic E-state index is 0. The molecule has 1 atom stereocenters. The molecular formula is C17H23FK3O8PS. The Balaban J connectivity index is -0.000000467. The molecule has 3 N–H and O–H groups in total. The van der Waals surface area contributed by atoms with Crippen molar-refractivity contribution in [2.24, 2.45) is 0 Å². The minimum atomic E-state index is -5.02. The Morgan fingerprint density at radius 3 is 2.10 bits per heavy atom. The summed E-state index contributed by atoms with van der Waals surface area (Å²) in [6.45, 7) is 0. The summed E-state index contributed by atoms with van der Waals surface area (Å²) in [5.74, 6) is 0.904. The molecule has 0 saturated carbocycles. The summed E-state index contributed by atoms with van der Waals surface area (Å²) in [5.41, 5.74) is 0.613. The van der Waals surface area contributed by atoms with Crippen molar-refractivity contribution in [2.75, 3.05) is 7.11 Å². The maximum atomic E-state index is 13.0. The topological polar surface area (TPSA) is 130 Å². The monoisotopic (exact) mass is 554 g/mol. The van der Waals surface area contributed by atoms with Crippen LogP contribution in [0.25, 0.3) is 0 Å². The number of aryl methyl sites for hydroxylation is 1. The van der Waals surface area contributed by atoms with Crippen molar-refractivity contribution in [1.82, 2.24) is 0 Å². The van der Waals surface area contributed by atoms with Gasteiger partial charge in [-0.3, -0.25) is 9.12 Å². The first-order chi connectivity index (χ1) is 13.0. The number of benzene rings is 2. The van der Waals surface area contributed by atoms with E-state index in [1.165, 1.54) is 31.4 Å². The number of halogens is 1. The molecule has 14 heteroatoms. The summed E-state index contributed by atoms with van der Waals surface area (Å²) in [6.07, 6.45) is -0.156. The first-order valence-electron chi connectivity index (χ1n) is 8.12. The van der Waals surface area contributed by atoms with Gasteiger partial charge in [0.25, 0.3) is 10.1 Å². The molecule has 31 heavy (non-hydrogen) atoms. The summed E-state index contributed by atoms with van der Waals surface area (Å²) in [7, 11) is -8.48. The minimum Gasteiger partial charge on any atom is -1.00 e. The van der Waals surface area contributed by atoms with Crippen molar-refractivity contribution in [1.29, 1.82) is 0 Å². The Labute approximate surface area is 313 Å². The fraction of sp³-hybridized carbons (Fsp3) is 0.294. The zero-order chi connectivity index (χ0) is 20.9. The van der Waals surface area contributed by atoms with Gasteiger partial charge in [0.05, 0.1) is 7.11 Å². The van der Waals surface area contributed by atoms with Crippen LogP contribution < -0.4 is 164 Å². The van der Waals surface area contributed by atoms with Gasteiger partial charge in [-0.1, -0.05) is 0 Å². The second kappa shape index (κ2) is 16.6. The van der Waals surface area contributed by atoms with E-state index in [0.717, 1.165) is 0 Å². The molecule has 2 rings (SSSR count). The third-order valence-corrected chi connectivity index (χ3v) is 7.47. The summed E-state index contributed by atoms with van der Waals surface area (Å²) < 4.78 is 66.6. The van der Waals surface area contributed by atoms with Gasteiger partial charge in [-0.05, 0) is 67.3 Å². The number of rotatable bonds is 9. The molecule has 0 aliphatic rings. The molecule has 160 valence electrons. The standard InChI is InChI=1S/C17H20FO8PS.3K.3H/c1-25-16-10-9-15(26-14-7-5-13(18)6-8-14)11-12(16)3-2-4-17(27(19,20)21)28(22,23)24;;;;;;/h5-11,17H,2-4H2,1H3,(H2,19,20,21)(H,22,23,24);;;;;;/q;3*+1;3*-1. The smallest absolute Gasteiger partial charge is 1.00 e. The Bertz CT molecular complexity index is 984. The van der Waals surface area contributed by atoms with E-state index in [9.17, 15) is 17.4 Å². The second-order valence-electron chi connectivity index (χ2n) is 5.98. The molecule has 0 amide bonds. The van der Waals surface area contributed by atoms with Crippen LogP contribution in [0.5, 0.6) is 17.2 Å². The zero-order valence-electron chi connectivity index (χ0n) is 20.9. The van der Waals surface area contributed by atoms with Crippen molar-refractivity contribution < 1.29 is 200 Å². The Kier molecular flexibility index (Phi) is 19.4. The number of ether oxygens (including phenoxy) is 2. The van der Waals surface area contributed by atoms with E-state index in [1.54, 1.807) is 18.2 Å². The molecule has 2 aromatic carbocycles. The van der Waals surface area contributed by atoms with Gasteiger partial charge in [-0.2, -0.15) is 8.42 Å². The fourth-order valence-corrected chi connectivity index (χ4v) is 4.98. The molecular weight excluding hydrogens is 532 g/mol. The molecule has 0 fully saturated rings. The van der Waals surface area contributed by atoms with Gasteiger partial charge in [-0.25, -0.2) is 4.39 Å². The molecule has 0 aliphatic heterocycles. The fourth-order valence-electron chi connectivity index (χ4n) is 2.61. The first-order valence-corrected chi connectivity index (χ1v) is 11.3. The SMILES string of the molecule is COc1ccc(Oc2ccc(F)cc2)cc1CCCC(P(=O)(O)O)S(=O)(=O)O.[H-].[H-].[H-].[K+].[K+].[K+]. The van der Waals surface area contributed by atoms with Crippen LogP contribution in [0.3, 0.4) is 0 Å². The van der Waals surface area contributed by atoms with Gasteiger partial charge in [0.15, 0.2) is 4.99 Å². The molecule has 0 bridgehead atoms. The van der Waals surface area contributed by atoms with Crippen LogP contribution in [-0.4, -0.2) is 34.9 Å². The van der Waals surface area contributed by atoms with Crippen molar-refractivity contribution in [3.8, 4) is 17.2 Å². The molecule has 0 saturated heterocycles. The van der Waals surface area contributed by atoms with Crippen LogP contribution in [0.1, 0.15) is 22.7 Å². The van der Waals surface area contributed by atoms with Gasteiger partial charge in [-0.15, -0.1) is 0 Å². The number of methoxy groups -OCH3 is 1. The predicted molar refractivity (Wildman–Crippen MR) is 103 cm³/mol. The Hall–Kier alpha value is 2.94. The second-order valence-corrected chi connectivity index (χ2v) is 9.73. The zero-order valence-corrected chi connectivity index (χ0v) is 28.9. The molecule has 8 nitrogen and oxygen atoms in total. The molecule has 0 heterocycles. The summed E-state index contributed by atoms with van der Waals surface area (Å²) in [6, 6.07) is 10.3. The largest absolute Gasteiger partial charge is 1.00 e.